The van der Waals surface area contributed by atoms with Gasteiger partial charge in [-0.2, -0.15) is 0 Å². The maximum Gasteiger partial charge on any atom is 0.130 e. The fourth-order valence-corrected chi connectivity index (χ4v) is 2.42. The van der Waals surface area contributed by atoms with E-state index >= 15 is 0 Å². The van der Waals surface area contributed by atoms with Crippen LogP contribution in [-0.4, -0.2) is 16.7 Å². The van der Waals surface area contributed by atoms with Crippen LogP contribution < -0.4 is 15.2 Å². The zero-order valence-electron chi connectivity index (χ0n) is 12.5. The second-order valence-corrected chi connectivity index (χ2v) is 5.50. The number of nitrogens with two attached hydrogens (primary N) is 1. The highest BCUT2D eigenvalue weighted by atomic mass is 16.5. The number of imidazole rings is 1. The third-order valence-corrected chi connectivity index (χ3v) is 3.77. The maximum absolute atomic E-state index is 6.00. The number of hydrogen-bond donors (Lipinski definition) is 1. The Morgan fingerprint density at radius 2 is 2.24 bits per heavy atom. The van der Waals surface area contributed by atoms with Gasteiger partial charge >= 0.3 is 0 Å². The Kier molecular flexibility index (Phi) is 3.84. The highest BCUT2D eigenvalue weighted by molar-refractivity contribution is 5.42. The molecule has 1 saturated carbocycles. The van der Waals surface area contributed by atoms with Gasteiger partial charge in [0.05, 0.1) is 25.3 Å². The highest BCUT2D eigenvalue weighted by Crippen LogP contribution is 2.36. The van der Waals surface area contributed by atoms with Gasteiger partial charge in [0.1, 0.15) is 18.1 Å². The Bertz CT molecular complexity index is 618. The molecule has 0 bridgehead atoms. The first-order valence-corrected chi connectivity index (χ1v) is 7.26. The standard InChI is InChI=1S/C16H21N3O2/c1-11(17)15-6-5-14(20-2)7-16(15)21-9-13-8-18-10-19(13)12-3-4-12/h5-8,10-12H,3-4,9,17H2,1-2H3/t11-/m1/s1. The third kappa shape index (κ3) is 3.03. The molecule has 1 heterocycles. The number of aromatic nitrogens is 2. The van der Waals surface area contributed by atoms with E-state index in [1.54, 1.807) is 7.11 Å². The van der Waals surface area contributed by atoms with Gasteiger partial charge in [-0.25, -0.2) is 4.98 Å². The maximum atomic E-state index is 6.00. The minimum absolute atomic E-state index is 0.0840. The molecular formula is C16H21N3O2. The van der Waals surface area contributed by atoms with Crippen LogP contribution in [0.2, 0.25) is 0 Å². The molecule has 1 aliphatic carbocycles. The Hall–Kier alpha value is -2.01. The Labute approximate surface area is 124 Å². The summed E-state index contributed by atoms with van der Waals surface area (Å²) in [7, 11) is 1.65. The van der Waals surface area contributed by atoms with E-state index < -0.39 is 0 Å². The molecule has 2 N–H and O–H groups in total. The molecule has 3 rings (SSSR count). The summed E-state index contributed by atoms with van der Waals surface area (Å²) >= 11 is 0. The van der Waals surface area contributed by atoms with Crippen LogP contribution in [0.5, 0.6) is 11.5 Å². The van der Waals surface area contributed by atoms with Crippen molar-refractivity contribution >= 4 is 0 Å². The van der Waals surface area contributed by atoms with Crippen molar-refractivity contribution in [3.63, 3.8) is 0 Å². The molecule has 0 aliphatic heterocycles. The smallest absolute Gasteiger partial charge is 0.130 e. The van der Waals surface area contributed by atoms with Crippen molar-refractivity contribution in [2.24, 2.45) is 5.73 Å². The SMILES string of the molecule is COc1ccc([C@@H](C)N)c(OCc2cncn2C2CC2)c1. The number of benzene rings is 1. The van der Waals surface area contributed by atoms with Crippen LogP contribution in [-0.2, 0) is 6.61 Å². The molecule has 1 aromatic carbocycles. The lowest BCUT2D eigenvalue weighted by molar-refractivity contribution is 0.288. The van der Waals surface area contributed by atoms with E-state index in [9.17, 15) is 0 Å². The minimum atomic E-state index is -0.0840. The van der Waals surface area contributed by atoms with Crippen LogP contribution in [0.15, 0.2) is 30.7 Å². The first kappa shape index (κ1) is 13.9. The van der Waals surface area contributed by atoms with E-state index in [4.69, 9.17) is 15.2 Å². The quantitative estimate of drug-likeness (QED) is 0.887. The first-order valence-electron chi connectivity index (χ1n) is 7.26. The van der Waals surface area contributed by atoms with Crippen LogP contribution in [0.3, 0.4) is 0 Å². The summed E-state index contributed by atoms with van der Waals surface area (Å²) in [6, 6.07) is 6.26. The zero-order valence-corrected chi connectivity index (χ0v) is 12.5. The molecule has 112 valence electrons. The van der Waals surface area contributed by atoms with Crippen LogP contribution in [0.25, 0.3) is 0 Å². The summed E-state index contributed by atoms with van der Waals surface area (Å²) in [6.45, 7) is 2.44. The van der Waals surface area contributed by atoms with E-state index in [1.165, 1.54) is 12.8 Å². The van der Waals surface area contributed by atoms with E-state index in [2.05, 4.69) is 9.55 Å². The summed E-state index contributed by atoms with van der Waals surface area (Å²) < 4.78 is 13.4. The molecule has 1 fully saturated rings. The summed E-state index contributed by atoms with van der Waals surface area (Å²) in [5.74, 6) is 1.54. The lowest BCUT2D eigenvalue weighted by Crippen LogP contribution is -2.09. The van der Waals surface area contributed by atoms with Gasteiger partial charge in [-0.15, -0.1) is 0 Å². The molecule has 1 atom stereocenters. The van der Waals surface area contributed by atoms with E-state index in [1.807, 2.05) is 37.6 Å². The molecule has 0 spiro atoms. The Balaban J connectivity index is 1.78. The number of nitrogens with zero attached hydrogens (tertiary/aromatic N) is 2. The van der Waals surface area contributed by atoms with Gasteiger partial charge in [0.2, 0.25) is 0 Å². The van der Waals surface area contributed by atoms with Gasteiger partial charge in [-0.05, 0) is 25.8 Å². The summed E-state index contributed by atoms with van der Waals surface area (Å²) in [6.07, 6.45) is 6.21. The molecule has 5 heteroatoms. The Morgan fingerprint density at radius 3 is 2.90 bits per heavy atom. The second kappa shape index (κ2) is 5.77. The van der Waals surface area contributed by atoms with Crippen LogP contribution in [0, 0.1) is 0 Å². The molecule has 0 amide bonds. The molecule has 1 aromatic heterocycles. The fraction of sp³-hybridized carbons (Fsp3) is 0.438. The molecule has 0 saturated heterocycles. The van der Waals surface area contributed by atoms with E-state index in [-0.39, 0.29) is 6.04 Å². The second-order valence-electron chi connectivity index (χ2n) is 5.50. The summed E-state index contributed by atoms with van der Waals surface area (Å²) in [5, 5.41) is 0. The number of methoxy groups -OCH3 is 1. The van der Waals surface area contributed by atoms with Crippen LogP contribution >= 0.6 is 0 Å². The molecule has 0 unspecified atom stereocenters. The largest absolute Gasteiger partial charge is 0.497 e. The molecule has 5 nitrogen and oxygen atoms in total. The average molecular weight is 287 g/mol. The van der Waals surface area contributed by atoms with Gasteiger partial charge in [0.15, 0.2) is 0 Å². The third-order valence-electron chi connectivity index (χ3n) is 3.77. The van der Waals surface area contributed by atoms with Crippen molar-refractivity contribution in [2.45, 2.75) is 38.5 Å². The topological polar surface area (TPSA) is 62.3 Å². The number of rotatable bonds is 6. The number of hydrogen-bond acceptors (Lipinski definition) is 4. The van der Waals surface area contributed by atoms with Crippen molar-refractivity contribution in [1.29, 1.82) is 0 Å². The van der Waals surface area contributed by atoms with Crippen molar-refractivity contribution < 1.29 is 9.47 Å². The normalized spacial score (nSPS) is 15.8. The highest BCUT2D eigenvalue weighted by Gasteiger charge is 2.25. The lowest BCUT2D eigenvalue weighted by atomic mass is 10.1. The summed E-state index contributed by atoms with van der Waals surface area (Å²) in [4.78, 5) is 4.22. The first-order chi connectivity index (χ1) is 10.2. The zero-order chi connectivity index (χ0) is 14.8. The molecule has 0 radical (unpaired) electrons. The Morgan fingerprint density at radius 1 is 1.43 bits per heavy atom. The van der Waals surface area contributed by atoms with Crippen LogP contribution in [0.4, 0.5) is 0 Å². The van der Waals surface area contributed by atoms with Gasteiger partial charge in [0, 0.05) is 23.7 Å². The molecular weight excluding hydrogens is 266 g/mol. The average Bonchev–Trinajstić information content (AvgIpc) is 3.23. The van der Waals surface area contributed by atoms with Gasteiger partial charge in [-0.1, -0.05) is 6.07 Å². The van der Waals surface area contributed by atoms with E-state index in [0.29, 0.717) is 12.6 Å². The van der Waals surface area contributed by atoms with Gasteiger partial charge in [-0.3, -0.25) is 0 Å². The van der Waals surface area contributed by atoms with Gasteiger partial charge < -0.3 is 19.8 Å². The van der Waals surface area contributed by atoms with E-state index in [0.717, 1.165) is 22.8 Å². The predicted octanol–water partition coefficient (Wildman–Crippen LogP) is 2.83. The minimum Gasteiger partial charge on any atom is -0.497 e. The fourth-order valence-electron chi connectivity index (χ4n) is 2.42. The van der Waals surface area contributed by atoms with Gasteiger partial charge in [0.25, 0.3) is 0 Å². The van der Waals surface area contributed by atoms with Crippen LogP contribution in [0.1, 0.15) is 43.1 Å². The number of ether oxygens (including phenoxy) is 2. The predicted molar refractivity (Wildman–Crippen MR) is 80.4 cm³/mol. The molecule has 21 heavy (non-hydrogen) atoms. The molecule has 1 aliphatic rings. The van der Waals surface area contributed by atoms with Crippen molar-refractivity contribution in [3.05, 3.63) is 42.0 Å². The van der Waals surface area contributed by atoms with Crippen molar-refractivity contribution in [2.75, 3.05) is 7.11 Å². The van der Waals surface area contributed by atoms with Crippen molar-refractivity contribution in [1.82, 2.24) is 9.55 Å². The van der Waals surface area contributed by atoms with Crippen molar-refractivity contribution in [3.8, 4) is 11.5 Å². The monoisotopic (exact) mass is 287 g/mol. The molecule has 2 aromatic rings. The summed E-state index contributed by atoms with van der Waals surface area (Å²) in [5.41, 5.74) is 8.08. The lowest BCUT2D eigenvalue weighted by Gasteiger charge is -2.16.